The van der Waals surface area contributed by atoms with Gasteiger partial charge in [0.05, 0.1) is 6.04 Å². The maximum atomic E-state index is 10.5. The molecule has 2 heteroatoms. The Hall–Kier alpha value is -1.15. The van der Waals surface area contributed by atoms with Crippen LogP contribution in [0, 0.1) is 0 Å². The summed E-state index contributed by atoms with van der Waals surface area (Å²) in [6, 6.07) is 10.8. The minimum absolute atomic E-state index is 0.162. The summed E-state index contributed by atoms with van der Waals surface area (Å²) in [5.41, 5.74) is 1.28. The summed E-state index contributed by atoms with van der Waals surface area (Å²) in [4.78, 5) is 12.7. The van der Waals surface area contributed by atoms with E-state index in [9.17, 15) is 4.79 Å². The van der Waals surface area contributed by atoms with Crippen molar-refractivity contribution < 1.29 is 4.79 Å². The average molecular weight is 175 g/mol. The molecule has 0 spiro atoms. The van der Waals surface area contributed by atoms with Crippen LogP contribution in [0.5, 0.6) is 0 Å². The van der Waals surface area contributed by atoms with Crippen LogP contribution in [-0.2, 0) is 4.79 Å². The van der Waals surface area contributed by atoms with E-state index in [4.69, 9.17) is 0 Å². The Bertz CT molecular complexity index is 296. The van der Waals surface area contributed by atoms with Crippen LogP contribution in [0.1, 0.15) is 18.5 Å². The maximum Gasteiger partial charge on any atom is 0.138 e. The molecule has 1 saturated heterocycles. The zero-order valence-electron chi connectivity index (χ0n) is 7.68. The minimum atomic E-state index is 0.162. The third-order valence-electron chi connectivity index (χ3n) is 2.63. The summed E-state index contributed by atoms with van der Waals surface area (Å²) >= 11 is 0. The van der Waals surface area contributed by atoms with Gasteiger partial charge < -0.3 is 4.79 Å². The Morgan fingerprint density at radius 2 is 2.15 bits per heavy atom. The van der Waals surface area contributed by atoms with Gasteiger partial charge in [0.2, 0.25) is 0 Å². The van der Waals surface area contributed by atoms with Crippen LogP contribution in [0.2, 0.25) is 0 Å². The van der Waals surface area contributed by atoms with Crippen molar-refractivity contribution >= 4 is 6.29 Å². The molecule has 0 saturated carbocycles. The predicted octanol–water partition coefficient (Wildman–Crippen LogP) is 1.63. The summed E-state index contributed by atoms with van der Waals surface area (Å²) in [7, 11) is 0. The first-order valence-electron chi connectivity index (χ1n) is 4.59. The number of hydrogen-bond donors (Lipinski definition) is 0. The van der Waals surface area contributed by atoms with E-state index in [2.05, 4.69) is 24.0 Å². The summed E-state index contributed by atoms with van der Waals surface area (Å²) in [5, 5.41) is 0. The molecule has 13 heavy (non-hydrogen) atoms. The van der Waals surface area contributed by atoms with Crippen molar-refractivity contribution in [3.05, 3.63) is 35.9 Å². The van der Waals surface area contributed by atoms with Crippen LogP contribution in [0.4, 0.5) is 0 Å². The molecule has 0 N–H and O–H groups in total. The number of carbonyl (C=O) groups excluding carboxylic acids is 1. The summed E-state index contributed by atoms with van der Waals surface area (Å²) in [6.07, 6.45) is 1.03. The van der Waals surface area contributed by atoms with E-state index >= 15 is 0 Å². The molecule has 1 aliphatic heterocycles. The van der Waals surface area contributed by atoms with Gasteiger partial charge in [-0.1, -0.05) is 30.3 Å². The highest BCUT2D eigenvalue weighted by Crippen LogP contribution is 2.30. The summed E-state index contributed by atoms with van der Waals surface area (Å²) in [5.74, 6) is 0. The SMILES string of the molecule is C[C@@H](c1ccccc1)N1CC1C=O. The second kappa shape index (κ2) is 3.30. The highest BCUT2D eigenvalue weighted by atomic mass is 16.1. The van der Waals surface area contributed by atoms with Gasteiger partial charge in [-0.25, -0.2) is 0 Å². The molecule has 0 aromatic heterocycles. The van der Waals surface area contributed by atoms with E-state index in [1.165, 1.54) is 5.56 Å². The molecule has 3 atom stereocenters. The van der Waals surface area contributed by atoms with Crippen molar-refractivity contribution in [3.8, 4) is 0 Å². The molecule has 1 fully saturated rings. The molecule has 2 unspecified atom stereocenters. The molecular formula is C11H13NO. The van der Waals surface area contributed by atoms with E-state index < -0.39 is 0 Å². The summed E-state index contributed by atoms with van der Waals surface area (Å²) in [6.45, 7) is 3.05. The van der Waals surface area contributed by atoms with E-state index in [0.717, 1.165) is 12.8 Å². The van der Waals surface area contributed by atoms with E-state index in [0.29, 0.717) is 6.04 Å². The Morgan fingerprint density at radius 3 is 2.69 bits per heavy atom. The molecular weight excluding hydrogens is 162 g/mol. The largest absolute Gasteiger partial charge is 0.302 e. The summed E-state index contributed by atoms with van der Waals surface area (Å²) < 4.78 is 0. The first-order chi connectivity index (χ1) is 6.33. The smallest absolute Gasteiger partial charge is 0.138 e. The van der Waals surface area contributed by atoms with Gasteiger partial charge in [0.25, 0.3) is 0 Å². The van der Waals surface area contributed by atoms with Gasteiger partial charge in [-0.05, 0) is 12.5 Å². The van der Waals surface area contributed by atoms with Gasteiger partial charge in [-0.15, -0.1) is 0 Å². The lowest BCUT2D eigenvalue weighted by Gasteiger charge is -2.12. The first-order valence-corrected chi connectivity index (χ1v) is 4.59. The second-order valence-corrected chi connectivity index (χ2v) is 3.49. The van der Waals surface area contributed by atoms with Gasteiger partial charge in [0.15, 0.2) is 0 Å². The van der Waals surface area contributed by atoms with Gasteiger partial charge in [-0.2, -0.15) is 0 Å². The lowest BCUT2D eigenvalue weighted by Crippen LogP contribution is -2.08. The van der Waals surface area contributed by atoms with Crippen molar-refractivity contribution in [1.82, 2.24) is 4.90 Å². The fraction of sp³-hybridized carbons (Fsp3) is 0.364. The number of nitrogens with zero attached hydrogens (tertiary/aromatic N) is 1. The molecule has 68 valence electrons. The topological polar surface area (TPSA) is 20.1 Å². The normalized spacial score (nSPS) is 28.1. The second-order valence-electron chi connectivity index (χ2n) is 3.49. The van der Waals surface area contributed by atoms with E-state index in [1.54, 1.807) is 0 Å². The highest BCUT2D eigenvalue weighted by Gasteiger charge is 2.37. The number of aldehydes is 1. The molecule has 0 radical (unpaired) electrons. The molecule has 0 amide bonds. The van der Waals surface area contributed by atoms with Crippen molar-refractivity contribution in [2.24, 2.45) is 0 Å². The fourth-order valence-corrected chi connectivity index (χ4v) is 1.66. The lowest BCUT2D eigenvalue weighted by molar-refractivity contribution is -0.108. The van der Waals surface area contributed by atoms with Gasteiger partial charge >= 0.3 is 0 Å². The third kappa shape index (κ3) is 1.63. The zero-order valence-corrected chi connectivity index (χ0v) is 7.68. The third-order valence-corrected chi connectivity index (χ3v) is 2.63. The predicted molar refractivity (Wildman–Crippen MR) is 51.4 cm³/mol. The monoisotopic (exact) mass is 175 g/mol. The van der Waals surface area contributed by atoms with E-state index in [1.807, 2.05) is 18.2 Å². The van der Waals surface area contributed by atoms with E-state index in [-0.39, 0.29) is 6.04 Å². The van der Waals surface area contributed by atoms with Crippen molar-refractivity contribution in [2.75, 3.05) is 6.54 Å². The van der Waals surface area contributed by atoms with Crippen LogP contribution in [0.3, 0.4) is 0 Å². The minimum Gasteiger partial charge on any atom is -0.302 e. The Morgan fingerprint density at radius 1 is 1.46 bits per heavy atom. The van der Waals surface area contributed by atoms with Crippen LogP contribution < -0.4 is 0 Å². The van der Waals surface area contributed by atoms with Crippen LogP contribution in [-0.4, -0.2) is 23.8 Å². The molecule has 1 aromatic carbocycles. The lowest BCUT2D eigenvalue weighted by atomic mass is 10.1. The quantitative estimate of drug-likeness (QED) is 0.514. The highest BCUT2D eigenvalue weighted by molar-refractivity contribution is 5.62. The first kappa shape index (κ1) is 8.45. The molecule has 1 aromatic rings. The Balaban J connectivity index is 2.07. The molecule has 2 rings (SSSR count). The van der Waals surface area contributed by atoms with Crippen LogP contribution in [0.25, 0.3) is 0 Å². The Kier molecular flexibility index (Phi) is 2.15. The number of hydrogen-bond acceptors (Lipinski definition) is 2. The Labute approximate surface area is 78.2 Å². The van der Waals surface area contributed by atoms with Gasteiger partial charge in [-0.3, -0.25) is 4.90 Å². The zero-order chi connectivity index (χ0) is 9.26. The number of benzene rings is 1. The number of rotatable bonds is 3. The van der Waals surface area contributed by atoms with Crippen molar-refractivity contribution in [3.63, 3.8) is 0 Å². The van der Waals surface area contributed by atoms with Crippen LogP contribution >= 0.6 is 0 Å². The van der Waals surface area contributed by atoms with Gasteiger partial charge in [0, 0.05) is 12.6 Å². The van der Waals surface area contributed by atoms with Crippen LogP contribution in [0.15, 0.2) is 30.3 Å². The van der Waals surface area contributed by atoms with Gasteiger partial charge in [0.1, 0.15) is 6.29 Å². The molecule has 0 aliphatic carbocycles. The average Bonchev–Trinajstić information content (AvgIpc) is 2.97. The molecule has 0 bridgehead atoms. The molecule has 1 heterocycles. The van der Waals surface area contributed by atoms with Crippen molar-refractivity contribution in [2.45, 2.75) is 19.0 Å². The number of carbonyl (C=O) groups is 1. The van der Waals surface area contributed by atoms with Crippen molar-refractivity contribution in [1.29, 1.82) is 0 Å². The standard InChI is InChI=1S/C11H13NO/c1-9(12-7-11(12)8-13)10-5-3-2-4-6-10/h2-6,8-9,11H,7H2,1H3/t9-,11?,12?/m0/s1. The molecule has 2 nitrogen and oxygen atoms in total. The fourth-order valence-electron chi connectivity index (χ4n) is 1.66. The maximum absolute atomic E-state index is 10.5. The molecule has 1 aliphatic rings.